The molecule has 0 saturated carbocycles. The highest BCUT2D eigenvalue weighted by Gasteiger charge is 2.29. The molecule has 0 radical (unpaired) electrons. The summed E-state index contributed by atoms with van der Waals surface area (Å²) < 4.78 is 5.10. The van der Waals surface area contributed by atoms with Gasteiger partial charge in [-0.05, 0) is 31.5 Å². The predicted molar refractivity (Wildman–Crippen MR) is 84.0 cm³/mol. The number of hydrogen-bond donors (Lipinski definition) is 2. The van der Waals surface area contributed by atoms with Crippen molar-refractivity contribution in [2.75, 3.05) is 25.2 Å². The maximum absolute atomic E-state index is 12.2. The number of nitrogens with one attached hydrogen (secondary N) is 1. The summed E-state index contributed by atoms with van der Waals surface area (Å²) in [5.74, 6) is 0.461. The molecule has 0 fully saturated rings. The van der Waals surface area contributed by atoms with Gasteiger partial charge in [-0.2, -0.15) is 0 Å². The van der Waals surface area contributed by atoms with Crippen LogP contribution in [0.25, 0.3) is 0 Å². The van der Waals surface area contributed by atoms with Crippen LogP contribution in [0.2, 0.25) is 0 Å². The SMILES string of the molecule is COc1ccc(C(C)(C)C(=O)NCCSCC(=O)O)cc1. The number of ether oxygens (including phenoxy) is 1. The van der Waals surface area contributed by atoms with Crippen molar-refractivity contribution < 1.29 is 19.4 Å². The molecular formula is C15H21NO4S. The number of benzene rings is 1. The highest BCUT2D eigenvalue weighted by Crippen LogP contribution is 2.25. The van der Waals surface area contributed by atoms with E-state index in [0.29, 0.717) is 12.3 Å². The third-order valence-electron chi connectivity index (χ3n) is 3.14. The number of aliphatic carboxylic acids is 1. The average Bonchev–Trinajstić information content (AvgIpc) is 2.46. The normalized spacial score (nSPS) is 11.0. The largest absolute Gasteiger partial charge is 0.497 e. The van der Waals surface area contributed by atoms with E-state index in [9.17, 15) is 9.59 Å². The average molecular weight is 311 g/mol. The predicted octanol–water partition coefficient (Wildman–Crippen LogP) is 1.91. The maximum Gasteiger partial charge on any atom is 0.313 e. The molecule has 1 aromatic rings. The second-order valence-electron chi connectivity index (χ2n) is 5.06. The first-order valence-corrected chi connectivity index (χ1v) is 7.75. The second kappa shape index (κ2) is 7.93. The van der Waals surface area contributed by atoms with Gasteiger partial charge in [0, 0.05) is 12.3 Å². The minimum Gasteiger partial charge on any atom is -0.497 e. The van der Waals surface area contributed by atoms with Crippen molar-refractivity contribution in [1.29, 1.82) is 0 Å². The van der Waals surface area contributed by atoms with Crippen LogP contribution >= 0.6 is 11.8 Å². The van der Waals surface area contributed by atoms with Gasteiger partial charge in [0.1, 0.15) is 5.75 Å². The molecule has 116 valence electrons. The van der Waals surface area contributed by atoms with E-state index in [-0.39, 0.29) is 11.7 Å². The van der Waals surface area contributed by atoms with E-state index in [1.807, 2.05) is 38.1 Å². The molecular weight excluding hydrogens is 290 g/mol. The van der Waals surface area contributed by atoms with Crippen LogP contribution in [0.15, 0.2) is 24.3 Å². The Hall–Kier alpha value is -1.69. The van der Waals surface area contributed by atoms with Crippen LogP contribution in [0.3, 0.4) is 0 Å². The molecule has 0 aliphatic rings. The quantitative estimate of drug-likeness (QED) is 0.717. The van der Waals surface area contributed by atoms with Gasteiger partial charge < -0.3 is 15.2 Å². The Morgan fingerprint density at radius 1 is 1.29 bits per heavy atom. The molecule has 1 aromatic carbocycles. The number of rotatable bonds is 8. The molecule has 1 amide bonds. The Balaban J connectivity index is 2.52. The smallest absolute Gasteiger partial charge is 0.313 e. The lowest BCUT2D eigenvalue weighted by molar-refractivity contribution is -0.134. The van der Waals surface area contributed by atoms with E-state index in [0.717, 1.165) is 11.3 Å². The molecule has 0 heterocycles. The van der Waals surface area contributed by atoms with E-state index in [1.54, 1.807) is 7.11 Å². The minimum atomic E-state index is -0.843. The van der Waals surface area contributed by atoms with Gasteiger partial charge in [0.25, 0.3) is 0 Å². The van der Waals surface area contributed by atoms with Crippen molar-refractivity contribution in [1.82, 2.24) is 5.32 Å². The molecule has 0 aromatic heterocycles. The zero-order valence-electron chi connectivity index (χ0n) is 12.5. The Morgan fingerprint density at radius 2 is 1.90 bits per heavy atom. The number of carboxylic acid groups (broad SMARTS) is 1. The molecule has 0 bridgehead atoms. The van der Waals surface area contributed by atoms with E-state index >= 15 is 0 Å². The number of methoxy groups -OCH3 is 1. The summed E-state index contributed by atoms with van der Waals surface area (Å²) in [5.41, 5.74) is 0.253. The standard InChI is InChI=1S/C15H21NO4S/c1-15(2,11-4-6-12(20-3)7-5-11)14(19)16-8-9-21-10-13(17)18/h4-7H,8-10H2,1-3H3,(H,16,19)(H,17,18). The minimum absolute atomic E-state index is 0.0533. The van der Waals surface area contributed by atoms with Gasteiger partial charge in [-0.25, -0.2) is 0 Å². The molecule has 0 atom stereocenters. The number of hydrogen-bond acceptors (Lipinski definition) is 4. The number of carbonyl (C=O) groups excluding carboxylic acids is 1. The van der Waals surface area contributed by atoms with Crippen LogP contribution in [-0.2, 0) is 15.0 Å². The molecule has 0 unspecified atom stereocenters. The fraction of sp³-hybridized carbons (Fsp3) is 0.467. The van der Waals surface area contributed by atoms with Crippen molar-refractivity contribution in [3.8, 4) is 5.75 Å². The summed E-state index contributed by atoms with van der Waals surface area (Å²) in [4.78, 5) is 22.6. The molecule has 6 heteroatoms. The van der Waals surface area contributed by atoms with Gasteiger partial charge in [-0.1, -0.05) is 12.1 Å². The van der Waals surface area contributed by atoms with Crippen molar-refractivity contribution in [2.45, 2.75) is 19.3 Å². The van der Waals surface area contributed by atoms with Crippen LogP contribution in [0.4, 0.5) is 0 Å². The van der Waals surface area contributed by atoms with E-state index in [1.165, 1.54) is 11.8 Å². The second-order valence-corrected chi connectivity index (χ2v) is 6.16. The molecule has 0 aliphatic heterocycles. The maximum atomic E-state index is 12.2. The van der Waals surface area contributed by atoms with Gasteiger partial charge in [0.2, 0.25) is 5.91 Å². The third kappa shape index (κ3) is 5.30. The van der Waals surface area contributed by atoms with Gasteiger partial charge in [-0.3, -0.25) is 9.59 Å². The highest BCUT2D eigenvalue weighted by molar-refractivity contribution is 7.99. The Morgan fingerprint density at radius 3 is 2.43 bits per heavy atom. The van der Waals surface area contributed by atoms with Crippen LogP contribution in [-0.4, -0.2) is 42.1 Å². The first kappa shape index (κ1) is 17.4. The van der Waals surface area contributed by atoms with E-state index in [4.69, 9.17) is 9.84 Å². The van der Waals surface area contributed by atoms with Gasteiger partial charge in [0.05, 0.1) is 18.3 Å². The summed E-state index contributed by atoms with van der Waals surface area (Å²) >= 11 is 1.28. The highest BCUT2D eigenvalue weighted by atomic mass is 32.2. The molecule has 2 N–H and O–H groups in total. The molecule has 1 rings (SSSR count). The summed E-state index contributed by atoms with van der Waals surface area (Å²) in [6.07, 6.45) is 0. The summed E-state index contributed by atoms with van der Waals surface area (Å²) in [7, 11) is 1.60. The third-order valence-corrected chi connectivity index (χ3v) is 4.08. The summed E-state index contributed by atoms with van der Waals surface area (Å²) in [6.45, 7) is 4.17. The molecule has 0 saturated heterocycles. The zero-order chi connectivity index (χ0) is 15.9. The number of amides is 1. The first-order chi connectivity index (χ1) is 9.87. The lowest BCUT2D eigenvalue weighted by atomic mass is 9.83. The van der Waals surface area contributed by atoms with Crippen LogP contribution < -0.4 is 10.1 Å². The Labute approximate surface area is 129 Å². The first-order valence-electron chi connectivity index (χ1n) is 6.60. The van der Waals surface area contributed by atoms with E-state index < -0.39 is 11.4 Å². The summed E-state index contributed by atoms with van der Waals surface area (Å²) in [6, 6.07) is 7.40. The lowest BCUT2D eigenvalue weighted by Crippen LogP contribution is -2.41. The number of thioether (sulfide) groups is 1. The topological polar surface area (TPSA) is 75.6 Å². The Bertz CT molecular complexity index is 485. The fourth-order valence-electron chi connectivity index (χ4n) is 1.76. The molecule has 21 heavy (non-hydrogen) atoms. The molecule has 0 spiro atoms. The monoisotopic (exact) mass is 311 g/mol. The number of carbonyl (C=O) groups is 2. The van der Waals surface area contributed by atoms with E-state index in [2.05, 4.69) is 5.32 Å². The van der Waals surface area contributed by atoms with Crippen molar-refractivity contribution in [2.24, 2.45) is 0 Å². The molecule has 5 nitrogen and oxygen atoms in total. The zero-order valence-corrected chi connectivity index (χ0v) is 13.3. The van der Waals surface area contributed by atoms with Gasteiger partial charge in [-0.15, -0.1) is 11.8 Å². The van der Waals surface area contributed by atoms with Crippen LogP contribution in [0.5, 0.6) is 5.75 Å². The Kier molecular flexibility index (Phi) is 6.55. The van der Waals surface area contributed by atoms with Crippen molar-refractivity contribution in [3.05, 3.63) is 29.8 Å². The van der Waals surface area contributed by atoms with Gasteiger partial charge >= 0.3 is 5.97 Å². The lowest BCUT2D eigenvalue weighted by Gasteiger charge is -2.24. The van der Waals surface area contributed by atoms with Crippen molar-refractivity contribution in [3.63, 3.8) is 0 Å². The fourth-order valence-corrected chi connectivity index (χ4v) is 2.32. The van der Waals surface area contributed by atoms with Crippen LogP contribution in [0, 0.1) is 0 Å². The van der Waals surface area contributed by atoms with Crippen molar-refractivity contribution >= 4 is 23.6 Å². The number of carboxylic acids is 1. The molecule has 0 aliphatic carbocycles. The van der Waals surface area contributed by atoms with Gasteiger partial charge in [0.15, 0.2) is 0 Å². The van der Waals surface area contributed by atoms with Crippen LogP contribution in [0.1, 0.15) is 19.4 Å². The summed E-state index contributed by atoms with van der Waals surface area (Å²) in [5, 5.41) is 11.4.